The first-order valence-electron chi connectivity index (χ1n) is 18.3. The highest BCUT2D eigenvalue weighted by Gasteiger charge is 2.25. The molecule has 0 aliphatic rings. The van der Waals surface area contributed by atoms with Gasteiger partial charge in [-0.1, -0.05) is 121 Å². The standard InChI is InChI=1S/C49H47N3O/c1-9-17-32(2)39-18-10-11-19-40(39)33-26-34(28-35(27-33)43-22-14-15-25-50-43)41-21-16-23-44-46(41)51-47(42-20-12-13-24-45(42)53)52(44)38-30-36(48(3,4)5)29-37(31-38)49(6,7)8/h9-31,53H,1H2,2-8H3/b32-17+. The van der Waals surface area contributed by atoms with Crippen molar-refractivity contribution >= 4 is 16.6 Å². The number of nitrogens with zero attached hydrogens (tertiary/aromatic N) is 3. The molecule has 7 aromatic rings. The first-order valence-corrected chi connectivity index (χ1v) is 18.3. The van der Waals surface area contributed by atoms with Crippen LogP contribution >= 0.6 is 0 Å². The fraction of sp³-hybridized carbons (Fsp3) is 0.184. The van der Waals surface area contributed by atoms with Crippen LogP contribution in [0.4, 0.5) is 0 Å². The number of pyridine rings is 1. The van der Waals surface area contributed by atoms with E-state index in [4.69, 9.17) is 9.97 Å². The second-order valence-electron chi connectivity index (χ2n) is 15.9. The summed E-state index contributed by atoms with van der Waals surface area (Å²) >= 11 is 0. The van der Waals surface area contributed by atoms with Crippen molar-refractivity contribution in [3.8, 4) is 56.3 Å². The van der Waals surface area contributed by atoms with Crippen LogP contribution in [0.2, 0.25) is 0 Å². The predicted octanol–water partition coefficient (Wildman–Crippen LogP) is 13.0. The number of imidazole rings is 1. The molecule has 7 rings (SSSR count). The Kier molecular flexibility index (Phi) is 9.25. The lowest BCUT2D eigenvalue weighted by atomic mass is 9.80. The molecule has 0 radical (unpaired) electrons. The maximum Gasteiger partial charge on any atom is 0.149 e. The quantitative estimate of drug-likeness (QED) is 0.169. The van der Waals surface area contributed by atoms with Crippen LogP contribution in [0.1, 0.15) is 65.2 Å². The maximum atomic E-state index is 11.3. The third-order valence-electron chi connectivity index (χ3n) is 9.97. The minimum absolute atomic E-state index is 0.0789. The number of allylic oxidation sites excluding steroid dienone is 3. The van der Waals surface area contributed by atoms with Crippen molar-refractivity contribution in [3.63, 3.8) is 0 Å². The first-order chi connectivity index (χ1) is 25.3. The van der Waals surface area contributed by atoms with Gasteiger partial charge in [0.2, 0.25) is 0 Å². The zero-order valence-electron chi connectivity index (χ0n) is 31.8. The van der Waals surface area contributed by atoms with Gasteiger partial charge in [0.1, 0.15) is 11.6 Å². The molecule has 2 aromatic heterocycles. The van der Waals surface area contributed by atoms with Crippen LogP contribution in [-0.2, 0) is 10.8 Å². The number of aromatic hydroxyl groups is 1. The van der Waals surface area contributed by atoms with Crippen molar-refractivity contribution in [2.75, 3.05) is 0 Å². The number of hydrogen-bond acceptors (Lipinski definition) is 3. The predicted molar refractivity (Wildman–Crippen MR) is 224 cm³/mol. The van der Waals surface area contributed by atoms with E-state index in [2.05, 4.69) is 151 Å². The van der Waals surface area contributed by atoms with E-state index >= 15 is 0 Å². The summed E-state index contributed by atoms with van der Waals surface area (Å²) in [6.45, 7) is 19.6. The van der Waals surface area contributed by atoms with Gasteiger partial charge < -0.3 is 5.11 Å². The van der Waals surface area contributed by atoms with Crippen molar-refractivity contribution in [2.45, 2.75) is 59.3 Å². The molecule has 0 unspecified atom stereocenters. The molecule has 1 N–H and O–H groups in total. The highest BCUT2D eigenvalue weighted by molar-refractivity contribution is 5.98. The minimum atomic E-state index is -0.0789. The van der Waals surface area contributed by atoms with Crippen LogP contribution < -0.4 is 0 Å². The summed E-state index contributed by atoms with van der Waals surface area (Å²) in [5.41, 5.74) is 14.3. The smallest absolute Gasteiger partial charge is 0.149 e. The molecule has 0 bridgehead atoms. The van der Waals surface area contributed by atoms with Crippen LogP contribution in [0, 0.1) is 0 Å². The molecule has 2 heterocycles. The molecule has 0 spiro atoms. The van der Waals surface area contributed by atoms with Crippen LogP contribution in [0.3, 0.4) is 0 Å². The van der Waals surface area contributed by atoms with Gasteiger partial charge in [0.15, 0.2) is 0 Å². The van der Waals surface area contributed by atoms with Gasteiger partial charge in [-0.05, 0) is 117 Å². The second kappa shape index (κ2) is 13.9. The molecule has 5 aromatic carbocycles. The number of rotatable bonds is 7. The summed E-state index contributed by atoms with van der Waals surface area (Å²) in [5.74, 6) is 0.876. The van der Waals surface area contributed by atoms with Crippen molar-refractivity contribution in [3.05, 3.63) is 163 Å². The Bertz CT molecular complexity index is 2470. The van der Waals surface area contributed by atoms with E-state index in [0.29, 0.717) is 11.4 Å². The van der Waals surface area contributed by atoms with E-state index in [0.717, 1.165) is 61.4 Å². The normalized spacial score (nSPS) is 12.3. The fourth-order valence-electron chi connectivity index (χ4n) is 7.01. The number of phenolic OH excluding ortho intramolecular Hbond substituents is 1. The molecule has 0 aliphatic heterocycles. The lowest BCUT2D eigenvalue weighted by Gasteiger charge is -2.27. The molecule has 0 amide bonds. The Labute approximate surface area is 313 Å². The van der Waals surface area contributed by atoms with Gasteiger partial charge in [-0.2, -0.15) is 0 Å². The van der Waals surface area contributed by atoms with E-state index in [9.17, 15) is 5.11 Å². The van der Waals surface area contributed by atoms with Gasteiger partial charge in [-0.25, -0.2) is 4.98 Å². The lowest BCUT2D eigenvalue weighted by Crippen LogP contribution is -2.17. The van der Waals surface area contributed by atoms with Crippen LogP contribution in [-0.4, -0.2) is 19.6 Å². The second-order valence-corrected chi connectivity index (χ2v) is 15.9. The van der Waals surface area contributed by atoms with E-state index in [1.807, 2.05) is 42.6 Å². The zero-order chi connectivity index (χ0) is 37.5. The summed E-state index contributed by atoms with van der Waals surface area (Å²) < 4.78 is 2.22. The minimum Gasteiger partial charge on any atom is -0.507 e. The number of hydrogen-bond donors (Lipinski definition) is 1. The molecule has 0 saturated carbocycles. The van der Waals surface area contributed by atoms with Gasteiger partial charge in [-0.3, -0.25) is 9.55 Å². The van der Waals surface area contributed by atoms with E-state index < -0.39 is 0 Å². The Hall–Kier alpha value is -6.00. The Morgan fingerprint density at radius 3 is 1.91 bits per heavy atom. The molecular formula is C49H47N3O. The molecule has 0 fully saturated rings. The van der Waals surface area contributed by atoms with Gasteiger partial charge in [0, 0.05) is 23.0 Å². The van der Waals surface area contributed by atoms with Gasteiger partial charge in [0.25, 0.3) is 0 Å². The van der Waals surface area contributed by atoms with E-state index in [1.54, 1.807) is 6.07 Å². The molecular weight excluding hydrogens is 647 g/mol. The monoisotopic (exact) mass is 693 g/mol. The summed E-state index contributed by atoms with van der Waals surface area (Å²) in [6.07, 6.45) is 5.73. The first kappa shape index (κ1) is 35.4. The average Bonchev–Trinajstić information content (AvgIpc) is 3.54. The summed E-state index contributed by atoms with van der Waals surface area (Å²) in [5, 5.41) is 11.3. The van der Waals surface area contributed by atoms with E-state index in [-0.39, 0.29) is 16.6 Å². The topological polar surface area (TPSA) is 50.9 Å². The Morgan fingerprint density at radius 2 is 1.26 bits per heavy atom. The number of benzene rings is 5. The van der Waals surface area contributed by atoms with Crippen molar-refractivity contribution in [2.24, 2.45) is 0 Å². The van der Waals surface area contributed by atoms with Crippen LogP contribution in [0.25, 0.3) is 67.2 Å². The highest BCUT2D eigenvalue weighted by Crippen LogP contribution is 2.42. The van der Waals surface area contributed by atoms with Crippen molar-refractivity contribution in [1.29, 1.82) is 0 Å². The van der Waals surface area contributed by atoms with Crippen LogP contribution in [0.15, 0.2) is 146 Å². The third-order valence-corrected chi connectivity index (χ3v) is 9.97. The van der Waals surface area contributed by atoms with Crippen molar-refractivity contribution < 1.29 is 5.11 Å². The maximum absolute atomic E-state index is 11.3. The number of fused-ring (bicyclic) bond motifs is 1. The van der Waals surface area contributed by atoms with Crippen LogP contribution in [0.5, 0.6) is 5.75 Å². The lowest BCUT2D eigenvalue weighted by molar-refractivity contribution is 0.477. The summed E-state index contributed by atoms with van der Waals surface area (Å²) in [7, 11) is 0. The largest absolute Gasteiger partial charge is 0.507 e. The van der Waals surface area contributed by atoms with E-state index in [1.165, 1.54) is 11.1 Å². The summed E-state index contributed by atoms with van der Waals surface area (Å²) in [6, 6.07) is 42.0. The van der Waals surface area contributed by atoms with Gasteiger partial charge >= 0.3 is 0 Å². The molecule has 4 heteroatoms. The Morgan fingerprint density at radius 1 is 0.660 bits per heavy atom. The zero-order valence-corrected chi connectivity index (χ0v) is 31.8. The molecule has 4 nitrogen and oxygen atoms in total. The molecule has 0 saturated heterocycles. The number of para-hydroxylation sites is 2. The average molecular weight is 694 g/mol. The highest BCUT2D eigenvalue weighted by atomic mass is 16.3. The number of phenols is 1. The van der Waals surface area contributed by atoms with Gasteiger partial charge in [-0.15, -0.1) is 0 Å². The fourth-order valence-corrected chi connectivity index (χ4v) is 7.01. The molecule has 0 atom stereocenters. The SMILES string of the molecule is C=C/C=C(\C)c1ccccc1-c1cc(-c2ccccn2)cc(-c2cccc3c2nc(-c2ccccc2O)n3-c2cc(C(C)(C)C)cc(C(C)(C)C)c2)c1. The third kappa shape index (κ3) is 6.97. The number of aromatic nitrogens is 3. The molecule has 0 aliphatic carbocycles. The Balaban J connectivity index is 1.55. The van der Waals surface area contributed by atoms with Crippen molar-refractivity contribution in [1.82, 2.24) is 14.5 Å². The summed E-state index contributed by atoms with van der Waals surface area (Å²) in [4.78, 5) is 10.2. The molecule has 53 heavy (non-hydrogen) atoms. The molecule has 264 valence electrons. The van der Waals surface area contributed by atoms with Gasteiger partial charge in [0.05, 0.1) is 22.3 Å².